The zero-order valence-corrected chi connectivity index (χ0v) is 16.8. The van der Waals surface area contributed by atoms with Crippen molar-refractivity contribution in [3.05, 3.63) is 59.7 Å². The fourth-order valence-electron chi connectivity index (χ4n) is 4.04. The topological polar surface area (TPSA) is 64.8 Å². The van der Waals surface area contributed by atoms with E-state index in [0.29, 0.717) is 6.04 Å². The first-order chi connectivity index (χ1) is 13.6. The van der Waals surface area contributed by atoms with Gasteiger partial charge in [-0.25, -0.2) is 0 Å². The second-order valence-electron chi connectivity index (χ2n) is 7.19. The number of ether oxygens (including phenoxy) is 2. The Balaban J connectivity index is 1.90. The number of esters is 1. The number of nitrogens with zero attached hydrogens (tertiary/aromatic N) is 1. The first-order valence-corrected chi connectivity index (χ1v) is 9.99. The van der Waals surface area contributed by atoms with E-state index in [-0.39, 0.29) is 18.3 Å². The summed E-state index contributed by atoms with van der Waals surface area (Å²) in [5.74, 6) is -0.308. The predicted octanol–water partition coefficient (Wildman–Crippen LogP) is 3.97. The van der Waals surface area contributed by atoms with Crippen molar-refractivity contribution in [1.82, 2.24) is 0 Å². The summed E-state index contributed by atoms with van der Waals surface area (Å²) in [6, 6.07) is 16.7. The summed E-state index contributed by atoms with van der Waals surface area (Å²) in [6.07, 6.45) is 2.32. The molecule has 1 heterocycles. The van der Waals surface area contributed by atoms with Gasteiger partial charge in [0.25, 0.3) is 0 Å². The largest absolute Gasteiger partial charge is 0.469 e. The molecule has 0 saturated carbocycles. The number of hydrogen-bond acceptors (Lipinski definition) is 5. The van der Waals surface area contributed by atoms with Crippen LogP contribution >= 0.6 is 0 Å². The molecular formula is C23H30N2O3. The lowest BCUT2D eigenvalue weighted by Gasteiger charge is -2.36. The third kappa shape index (κ3) is 4.65. The van der Waals surface area contributed by atoms with E-state index in [0.717, 1.165) is 55.1 Å². The zero-order valence-electron chi connectivity index (χ0n) is 16.8. The van der Waals surface area contributed by atoms with Crippen LogP contribution in [-0.4, -0.2) is 38.9 Å². The summed E-state index contributed by atoms with van der Waals surface area (Å²) in [5, 5.41) is 0. The average molecular weight is 383 g/mol. The zero-order chi connectivity index (χ0) is 19.9. The van der Waals surface area contributed by atoms with Crippen LogP contribution in [-0.2, 0) is 14.3 Å². The third-order valence-electron chi connectivity index (χ3n) is 5.54. The van der Waals surface area contributed by atoms with Gasteiger partial charge >= 0.3 is 5.97 Å². The standard InChI is InChI=1S/C23H30N2O3/c1-3-25(19-11-13-28-14-12-19)22-10-9-18(15-21(22)24)20(16-23(26)27-2)17-7-5-4-6-8-17/h4-10,15,19-20H,3,11-14,16,24H2,1-2H3. The number of anilines is 2. The van der Waals surface area contributed by atoms with Crippen molar-refractivity contribution in [3.8, 4) is 0 Å². The van der Waals surface area contributed by atoms with Gasteiger partial charge in [0.1, 0.15) is 0 Å². The molecule has 5 heteroatoms. The molecule has 0 amide bonds. The molecule has 1 aliphatic heterocycles. The Labute approximate surface area is 167 Å². The van der Waals surface area contributed by atoms with Gasteiger partial charge in [-0.3, -0.25) is 4.79 Å². The maximum absolute atomic E-state index is 12.0. The van der Waals surface area contributed by atoms with Gasteiger partial charge < -0.3 is 20.1 Å². The van der Waals surface area contributed by atoms with Crippen LogP contribution in [0.4, 0.5) is 11.4 Å². The lowest BCUT2D eigenvalue weighted by Crippen LogP contribution is -2.39. The molecule has 2 aromatic rings. The third-order valence-corrected chi connectivity index (χ3v) is 5.54. The van der Waals surface area contributed by atoms with E-state index in [1.807, 2.05) is 36.4 Å². The number of carbonyl (C=O) groups excluding carboxylic acids is 1. The van der Waals surface area contributed by atoms with Crippen LogP contribution in [0.5, 0.6) is 0 Å². The molecule has 0 radical (unpaired) electrons. The Kier molecular flexibility index (Phi) is 6.93. The van der Waals surface area contributed by atoms with Crippen molar-refractivity contribution in [1.29, 1.82) is 0 Å². The van der Waals surface area contributed by atoms with Gasteiger partial charge in [0.15, 0.2) is 0 Å². The first-order valence-electron chi connectivity index (χ1n) is 9.99. The number of hydrogen-bond donors (Lipinski definition) is 1. The summed E-state index contributed by atoms with van der Waals surface area (Å²) in [4.78, 5) is 14.4. The lowest BCUT2D eigenvalue weighted by atomic mass is 9.88. The SMILES string of the molecule is CCN(c1ccc(C(CC(=O)OC)c2ccccc2)cc1N)C1CCOCC1. The number of methoxy groups -OCH3 is 1. The Morgan fingerprint density at radius 1 is 1.18 bits per heavy atom. The van der Waals surface area contributed by atoms with Crippen molar-refractivity contribution < 1.29 is 14.3 Å². The van der Waals surface area contributed by atoms with E-state index < -0.39 is 0 Å². The van der Waals surface area contributed by atoms with E-state index in [9.17, 15) is 4.79 Å². The highest BCUT2D eigenvalue weighted by Crippen LogP contribution is 2.34. The van der Waals surface area contributed by atoms with Crippen molar-refractivity contribution in [2.75, 3.05) is 37.5 Å². The molecule has 0 aromatic heterocycles. The second kappa shape index (κ2) is 9.60. The molecule has 28 heavy (non-hydrogen) atoms. The fourth-order valence-corrected chi connectivity index (χ4v) is 4.04. The summed E-state index contributed by atoms with van der Waals surface area (Å²) in [7, 11) is 1.43. The molecule has 0 spiro atoms. The van der Waals surface area contributed by atoms with Gasteiger partial charge in [-0.1, -0.05) is 36.4 Å². The van der Waals surface area contributed by atoms with Gasteiger partial charge in [0, 0.05) is 31.7 Å². The van der Waals surface area contributed by atoms with E-state index in [4.69, 9.17) is 15.2 Å². The van der Waals surface area contributed by atoms with Crippen LogP contribution in [0.15, 0.2) is 48.5 Å². The minimum Gasteiger partial charge on any atom is -0.469 e. The molecular weight excluding hydrogens is 352 g/mol. The lowest BCUT2D eigenvalue weighted by molar-refractivity contribution is -0.140. The van der Waals surface area contributed by atoms with Crippen molar-refractivity contribution in [3.63, 3.8) is 0 Å². The molecule has 150 valence electrons. The van der Waals surface area contributed by atoms with Crippen LogP contribution in [0.1, 0.15) is 43.2 Å². The van der Waals surface area contributed by atoms with Crippen LogP contribution < -0.4 is 10.6 Å². The van der Waals surface area contributed by atoms with Gasteiger partial charge in [0.05, 0.1) is 24.9 Å². The number of benzene rings is 2. The molecule has 1 saturated heterocycles. The summed E-state index contributed by atoms with van der Waals surface area (Å²) in [5.41, 5.74) is 10.4. The highest BCUT2D eigenvalue weighted by atomic mass is 16.5. The Hall–Kier alpha value is -2.53. The fraction of sp³-hybridized carbons (Fsp3) is 0.435. The Morgan fingerprint density at radius 2 is 1.89 bits per heavy atom. The van der Waals surface area contributed by atoms with Crippen molar-refractivity contribution >= 4 is 17.3 Å². The highest BCUT2D eigenvalue weighted by Gasteiger charge is 2.24. The van der Waals surface area contributed by atoms with E-state index >= 15 is 0 Å². The Morgan fingerprint density at radius 3 is 2.50 bits per heavy atom. The number of carbonyl (C=O) groups is 1. The maximum atomic E-state index is 12.0. The predicted molar refractivity (Wildman–Crippen MR) is 113 cm³/mol. The highest BCUT2D eigenvalue weighted by molar-refractivity contribution is 5.73. The van der Waals surface area contributed by atoms with Crippen LogP contribution in [0.2, 0.25) is 0 Å². The molecule has 1 unspecified atom stereocenters. The molecule has 1 atom stereocenters. The molecule has 2 N–H and O–H groups in total. The summed E-state index contributed by atoms with van der Waals surface area (Å²) >= 11 is 0. The molecule has 0 aliphatic carbocycles. The molecule has 5 nitrogen and oxygen atoms in total. The van der Waals surface area contributed by atoms with Crippen molar-refractivity contribution in [2.24, 2.45) is 0 Å². The van der Waals surface area contributed by atoms with E-state index in [1.54, 1.807) is 0 Å². The van der Waals surface area contributed by atoms with Gasteiger partial charge in [-0.15, -0.1) is 0 Å². The van der Waals surface area contributed by atoms with Gasteiger partial charge in [-0.05, 0) is 43.0 Å². The Bertz CT molecular complexity index is 773. The molecule has 0 bridgehead atoms. The second-order valence-corrected chi connectivity index (χ2v) is 7.19. The van der Waals surface area contributed by atoms with Crippen LogP contribution in [0.25, 0.3) is 0 Å². The molecule has 3 rings (SSSR count). The number of nitrogens with two attached hydrogens (primary N) is 1. The number of nitrogen functional groups attached to an aromatic ring is 1. The number of rotatable bonds is 7. The summed E-state index contributed by atoms with van der Waals surface area (Å²) < 4.78 is 10.4. The van der Waals surface area contributed by atoms with Gasteiger partial charge in [-0.2, -0.15) is 0 Å². The van der Waals surface area contributed by atoms with Crippen molar-refractivity contribution in [2.45, 2.75) is 38.1 Å². The molecule has 2 aromatic carbocycles. The minimum atomic E-state index is -0.228. The minimum absolute atomic E-state index is 0.0804. The van der Waals surface area contributed by atoms with E-state index in [1.165, 1.54) is 7.11 Å². The normalized spacial score (nSPS) is 15.8. The van der Waals surface area contributed by atoms with Crippen LogP contribution in [0, 0.1) is 0 Å². The molecule has 1 aliphatic rings. The van der Waals surface area contributed by atoms with Crippen LogP contribution in [0.3, 0.4) is 0 Å². The van der Waals surface area contributed by atoms with Gasteiger partial charge in [0.2, 0.25) is 0 Å². The monoisotopic (exact) mass is 382 g/mol. The molecule has 1 fully saturated rings. The first kappa shape index (κ1) is 20.2. The average Bonchev–Trinajstić information content (AvgIpc) is 2.75. The smallest absolute Gasteiger partial charge is 0.306 e. The summed E-state index contributed by atoms with van der Waals surface area (Å²) in [6.45, 7) is 4.66. The van der Waals surface area contributed by atoms with E-state index in [2.05, 4.69) is 24.0 Å². The maximum Gasteiger partial charge on any atom is 0.306 e. The quantitative estimate of drug-likeness (QED) is 0.580.